The maximum Gasteiger partial charge on any atom is 0.451 e. The number of aryl methyl sites for hydroxylation is 1. The van der Waals surface area contributed by atoms with Gasteiger partial charge in [-0.2, -0.15) is 23.3 Å². The van der Waals surface area contributed by atoms with Crippen LogP contribution in [0.5, 0.6) is 0 Å². The second-order valence-corrected chi connectivity index (χ2v) is 8.26. The molecule has 162 valence electrons. The maximum atomic E-state index is 13.2. The summed E-state index contributed by atoms with van der Waals surface area (Å²) in [4.78, 5) is 13.2. The second-order valence-electron chi connectivity index (χ2n) is 7.15. The summed E-state index contributed by atoms with van der Waals surface area (Å²) in [6.45, 7) is 2.75. The lowest BCUT2D eigenvalue weighted by Crippen LogP contribution is -2.36. The number of aromatic amines is 1. The van der Waals surface area contributed by atoms with E-state index in [-0.39, 0.29) is 18.9 Å². The van der Waals surface area contributed by atoms with Crippen molar-refractivity contribution in [1.82, 2.24) is 34.9 Å². The summed E-state index contributed by atoms with van der Waals surface area (Å²) in [6.07, 6.45) is -0.923. The van der Waals surface area contributed by atoms with Gasteiger partial charge in [0.2, 0.25) is 11.8 Å². The Morgan fingerprint density at radius 3 is 2.84 bits per heavy atom. The molecule has 4 aromatic rings. The molecule has 1 aliphatic heterocycles. The SMILES string of the molecule is CCCc1cc2c(N3CCn4c(nnc4C(F)(F)F)C3)nc(Nc3cc[nH]n3)nc2s1. The van der Waals surface area contributed by atoms with Crippen LogP contribution in [-0.4, -0.2) is 41.5 Å². The molecule has 13 heteroatoms. The zero-order valence-corrected chi connectivity index (χ0v) is 17.3. The van der Waals surface area contributed by atoms with Crippen LogP contribution in [0.15, 0.2) is 18.3 Å². The first-order valence-corrected chi connectivity index (χ1v) is 10.6. The molecule has 0 amide bonds. The molecule has 0 bridgehead atoms. The van der Waals surface area contributed by atoms with E-state index in [4.69, 9.17) is 0 Å². The maximum absolute atomic E-state index is 13.2. The molecule has 0 saturated carbocycles. The van der Waals surface area contributed by atoms with Crippen molar-refractivity contribution in [3.63, 3.8) is 0 Å². The predicted octanol–water partition coefficient (Wildman–Crippen LogP) is 3.74. The zero-order valence-electron chi connectivity index (χ0n) is 16.4. The minimum absolute atomic E-state index is 0.122. The predicted molar refractivity (Wildman–Crippen MR) is 109 cm³/mol. The highest BCUT2D eigenvalue weighted by Gasteiger charge is 2.39. The van der Waals surface area contributed by atoms with Crippen LogP contribution in [0.1, 0.15) is 29.9 Å². The molecule has 4 aromatic heterocycles. The van der Waals surface area contributed by atoms with E-state index in [9.17, 15) is 13.2 Å². The highest BCUT2D eigenvalue weighted by Crippen LogP contribution is 2.35. The number of hydrogen-bond acceptors (Lipinski definition) is 8. The number of H-pyrrole nitrogens is 1. The fourth-order valence-corrected chi connectivity index (χ4v) is 4.74. The third-order valence-electron chi connectivity index (χ3n) is 4.97. The Hall–Kier alpha value is -3.22. The van der Waals surface area contributed by atoms with Gasteiger partial charge in [-0.05, 0) is 12.5 Å². The Bertz CT molecular complexity index is 1210. The molecule has 0 aliphatic carbocycles. The molecule has 31 heavy (non-hydrogen) atoms. The van der Waals surface area contributed by atoms with Gasteiger partial charge in [0.25, 0.3) is 0 Å². The van der Waals surface area contributed by atoms with Crippen LogP contribution in [-0.2, 0) is 25.7 Å². The quantitative estimate of drug-likeness (QED) is 0.479. The first-order valence-electron chi connectivity index (χ1n) is 9.74. The first kappa shape index (κ1) is 19.7. The summed E-state index contributed by atoms with van der Waals surface area (Å²) in [5.74, 6) is 0.906. The van der Waals surface area contributed by atoms with Crippen LogP contribution >= 0.6 is 11.3 Å². The van der Waals surface area contributed by atoms with Gasteiger partial charge < -0.3 is 14.8 Å². The minimum atomic E-state index is -4.53. The van der Waals surface area contributed by atoms with Gasteiger partial charge in [0.05, 0.1) is 11.9 Å². The number of halogens is 3. The summed E-state index contributed by atoms with van der Waals surface area (Å²) in [6, 6.07) is 3.82. The van der Waals surface area contributed by atoms with Gasteiger partial charge >= 0.3 is 6.18 Å². The number of anilines is 3. The molecular formula is C18H18F3N9S. The molecular weight excluding hydrogens is 431 g/mol. The number of thiophene rings is 1. The topological polar surface area (TPSA) is 100 Å². The number of alkyl halides is 3. The summed E-state index contributed by atoms with van der Waals surface area (Å²) < 4.78 is 40.7. The molecule has 9 nitrogen and oxygen atoms in total. The molecule has 5 heterocycles. The van der Waals surface area contributed by atoms with E-state index in [1.807, 2.05) is 4.90 Å². The third-order valence-corrected chi connectivity index (χ3v) is 6.06. The smallest absolute Gasteiger partial charge is 0.347 e. The fraction of sp³-hybridized carbons (Fsp3) is 0.389. The van der Waals surface area contributed by atoms with Crippen LogP contribution in [0.25, 0.3) is 10.2 Å². The van der Waals surface area contributed by atoms with E-state index in [1.54, 1.807) is 23.6 Å². The lowest BCUT2D eigenvalue weighted by atomic mass is 10.2. The Labute approximate surface area is 178 Å². The number of nitrogens with one attached hydrogen (secondary N) is 2. The molecule has 5 rings (SSSR count). The monoisotopic (exact) mass is 449 g/mol. The van der Waals surface area contributed by atoms with Crippen molar-refractivity contribution < 1.29 is 13.2 Å². The molecule has 0 spiro atoms. The van der Waals surface area contributed by atoms with Gasteiger partial charge in [-0.25, -0.2) is 4.98 Å². The van der Waals surface area contributed by atoms with Gasteiger partial charge in [0, 0.05) is 30.2 Å². The molecule has 1 aliphatic rings. The largest absolute Gasteiger partial charge is 0.451 e. The normalized spacial score (nSPS) is 14.3. The molecule has 0 radical (unpaired) electrons. The van der Waals surface area contributed by atoms with Gasteiger partial charge in [0.1, 0.15) is 10.6 Å². The van der Waals surface area contributed by atoms with E-state index < -0.39 is 12.0 Å². The Morgan fingerprint density at radius 1 is 1.23 bits per heavy atom. The van der Waals surface area contributed by atoms with Crippen LogP contribution in [0.4, 0.5) is 30.8 Å². The summed E-state index contributed by atoms with van der Waals surface area (Å²) in [5, 5.41) is 17.9. The summed E-state index contributed by atoms with van der Waals surface area (Å²) in [5.41, 5.74) is 0. The number of aromatic nitrogens is 7. The number of fused-ring (bicyclic) bond motifs is 2. The molecule has 0 unspecified atom stereocenters. The third kappa shape index (κ3) is 3.69. The molecule has 0 atom stereocenters. The second kappa shape index (κ2) is 7.48. The summed E-state index contributed by atoms with van der Waals surface area (Å²) >= 11 is 1.59. The first-order chi connectivity index (χ1) is 14.9. The lowest BCUT2D eigenvalue weighted by molar-refractivity contribution is -0.147. The highest BCUT2D eigenvalue weighted by atomic mass is 32.1. The van der Waals surface area contributed by atoms with E-state index in [2.05, 4.69) is 48.7 Å². The van der Waals surface area contributed by atoms with Crippen molar-refractivity contribution in [2.75, 3.05) is 16.8 Å². The molecule has 0 aromatic carbocycles. The van der Waals surface area contributed by atoms with E-state index in [1.165, 1.54) is 4.88 Å². The van der Waals surface area contributed by atoms with Gasteiger partial charge in [-0.15, -0.1) is 21.5 Å². The van der Waals surface area contributed by atoms with Gasteiger partial charge in [0.15, 0.2) is 11.6 Å². The fourth-order valence-electron chi connectivity index (χ4n) is 3.62. The Balaban J connectivity index is 1.54. The number of nitrogens with zero attached hydrogens (tertiary/aromatic N) is 7. The van der Waals surface area contributed by atoms with Crippen molar-refractivity contribution >= 4 is 39.1 Å². The average Bonchev–Trinajstić information content (AvgIpc) is 3.45. The highest BCUT2D eigenvalue weighted by molar-refractivity contribution is 7.18. The molecule has 0 fully saturated rings. The van der Waals surface area contributed by atoms with Crippen LogP contribution in [0.2, 0.25) is 0 Å². The van der Waals surface area contributed by atoms with E-state index in [0.717, 1.165) is 27.6 Å². The van der Waals surface area contributed by atoms with Crippen molar-refractivity contribution in [1.29, 1.82) is 0 Å². The lowest BCUT2D eigenvalue weighted by Gasteiger charge is -2.29. The van der Waals surface area contributed by atoms with Crippen LogP contribution in [0.3, 0.4) is 0 Å². The van der Waals surface area contributed by atoms with E-state index >= 15 is 0 Å². The number of hydrogen-bond donors (Lipinski definition) is 2. The van der Waals surface area contributed by atoms with Crippen LogP contribution < -0.4 is 10.2 Å². The van der Waals surface area contributed by atoms with E-state index in [0.29, 0.717) is 24.1 Å². The summed E-state index contributed by atoms with van der Waals surface area (Å²) in [7, 11) is 0. The molecule has 0 saturated heterocycles. The van der Waals surface area contributed by atoms with Crippen molar-refractivity contribution in [2.24, 2.45) is 0 Å². The van der Waals surface area contributed by atoms with Crippen molar-refractivity contribution in [3.05, 3.63) is 34.9 Å². The van der Waals surface area contributed by atoms with Gasteiger partial charge in [-0.1, -0.05) is 13.3 Å². The Kier molecular flexibility index (Phi) is 4.76. The average molecular weight is 449 g/mol. The van der Waals surface area contributed by atoms with Crippen molar-refractivity contribution in [3.8, 4) is 0 Å². The minimum Gasteiger partial charge on any atom is -0.347 e. The number of rotatable bonds is 5. The van der Waals surface area contributed by atoms with Crippen molar-refractivity contribution in [2.45, 2.75) is 39.0 Å². The Morgan fingerprint density at radius 2 is 2.10 bits per heavy atom. The van der Waals surface area contributed by atoms with Crippen LogP contribution in [0, 0.1) is 0 Å². The van der Waals surface area contributed by atoms with Gasteiger partial charge in [-0.3, -0.25) is 5.10 Å². The standard InChI is InChI=1S/C18H18F3N9S/c1-2-3-10-8-11-14(24-17(25-15(11)31-10)23-12-4-5-22-26-12)29-6-7-30-13(9-29)27-28-16(30)18(19,20)21/h4-5,8H,2-3,6-7,9H2,1H3,(H2,22,23,24,25,26). The molecule has 2 N–H and O–H groups in total. The zero-order chi connectivity index (χ0) is 21.6.